The number of halogens is 1. The maximum Gasteiger partial charge on any atom is 0.295 e. The molecule has 7 heteroatoms. The van der Waals surface area contributed by atoms with Gasteiger partial charge in [0.15, 0.2) is 5.69 Å². The Hall–Kier alpha value is -3.22. The lowest BCUT2D eigenvalue weighted by atomic mass is 10.1. The first kappa shape index (κ1) is 18.6. The molecule has 3 aromatic rings. The standard InChI is InChI=1S/C20H20FN3O3/c1-12(2)9-10-27-15-6-3-13(4-7-15)19(25)24-23-18-16-11-14(21)5-8-17(16)22-20(18)26/h3-8,11-12,22,26H,9-10H2,1-2H3. The Bertz CT molecular complexity index is 978. The number of hydrogen-bond donors (Lipinski definition) is 2. The summed E-state index contributed by atoms with van der Waals surface area (Å²) in [6.45, 7) is 4.85. The van der Waals surface area contributed by atoms with Crippen molar-refractivity contribution in [2.24, 2.45) is 16.1 Å². The van der Waals surface area contributed by atoms with Gasteiger partial charge in [-0.1, -0.05) is 13.8 Å². The van der Waals surface area contributed by atoms with Gasteiger partial charge in [-0.25, -0.2) is 4.39 Å². The van der Waals surface area contributed by atoms with Crippen molar-refractivity contribution in [1.29, 1.82) is 0 Å². The number of aromatic amines is 1. The molecule has 3 rings (SSSR count). The van der Waals surface area contributed by atoms with E-state index in [9.17, 15) is 14.3 Å². The fourth-order valence-electron chi connectivity index (χ4n) is 2.50. The Morgan fingerprint density at radius 3 is 2.67 bits per heavy atom. The Labute approximate surface area is 155 Å². The highest BCUT2D eigenvalue weighted by Crippen LogP contribution is 2.35. The summed E-state index contributed by atoms with van der Waals surface area (Å²) in [4.78, 5) is 14.9. The van der Waals surface area contributed by atoms with Crippen LogP contribution in [0.2, 0.25) is 0 Å². The number of fused-ring (bicyclic) bond motifs is 1. The minimum absolute atomic E-state index is 0.0199. The SMILES string of the molecule is CC(C)CCOc1ccc(C(=O)N=Nc2c(O)[nH]c3ccc(F)cc23)cc1. The number of aromatic nitrogens is 1. The van der Waals surface area contributed by atoms with Crippen LogP contribution in [0.4, 0.5) is 10.1 Å². The zero-order chi connectivity index (χ0) is 19.4. The number of hydrogen-bond acceptors (Lipinski definition) is 4. The van der Waals surface area contributed by atoms with E-state index in [1.54, 1.807) is 24.3 Å². The molecule has 2 N–H and O–H groups in total. The van der Waals surface area contributed by atoms with Gasteiger partial charge in [-0.15, -0.1) is 10.2 Å². The number of amides is 1. The van der Waals surface area contributed by atoms with E-state index in [0.717, 1.165) is 6.42 Å². The Kier molecular flexibility index (Phi) is 5.49. The summed E-state index contributed by atoms with van der Waals surface area (Å²) < 4.78 is 19.0. The first-order chi connectivity index (χ1) is 12.9. The highest BCUT2D eigenvalue weighted by atomic mass is 19.1. The lowest BCUT2D eigenvalue weighted by molar-refractivity contribution is 0.0995. The topological polar surface area (TPSA) is 87.0 Å². The third kappa shape index (κ3) is 4.49. The van der Waals surface area contributed by atoms with Crippen LogP contribution in [0, 0.1) is 11.7 Å². The van der Waals surface area contributed by atoms with E-state index in [1.165, 1.54) is 18.2 Å². The van der Waals surface area contributed by atoms with Gasteiger partial charge in [-0.05, 0) is 54.8 Å². The monoisotopic (exact) mass is 369 g/mol. The number of carbonyl (C=O) groups is 1. The van der Waals surface area contributed by atoms with Gasteiger partial charge in [0.05, 0.1) is 12.1 Å². The number of nitrogens with one attached hydrogen (secondary N) is 1. The summed E-state index contributed by atoms with van der Waals surface area (Å²) in [5.41, 5.74) is 0.852. The first-order valence-electron chi connectivity index (χ1n) is 8.63. The fourth-order valence-corrected chi connectivity index (χ4v) is 2.50. The van der Waals surface area contributed by atoms with Crippen LogP contribution in [0.1, 0.15) is 30.6 Å². The van der Waals surface area contributed by atoms with Gasteiger partial charge < -0.3 is 14.8 Å². The van der Waals surface area contributed by atoms with Gasteiger partial charge in [0.25, 0.3) is 5.91 Å². The molecule has 0 spiro atoms. The van der Waals surface area contributed by atoms with Crippen molar-refractivity contribution in [2.45, 2.75) is 20.3 Å². The number of carbonyl (C=O) groups excluding carboxylic acids is 1. The molecule has 0 saturated heterocycles. The van der Waals surface area contributed by atoms with E-state index in [-0.39, 0.29) is 11.6 Å². The number of H-pyrrole nitrogens is 1. The molecule has 0 atom stereocenters. The molecule has 0 saturated carbocycles. The Morgan fingerprint density at radius 2 is 1.96 bits per heavy atom. The lowest BCUT2D eigenvalue weighted by Gasteiger charge is -2.07. The average Bonchev–Trinajstić information content (AvgIpc) is 2.94. The summed E-state index contributed by atoms with van der Waals surface area (Å²) in [6.07, 6.45) is 0.948. The van der Waals surface area contributed by atoms with E-state index in [0.29, 0.717) is 34.7 Å². The van der Waals surface area contributed by atoms with Gasteiger partial charge >= 0.3 is 0 Å². The van der Waals surface area contributed by atoms with Crippen LogP contribution < -0.4 is 4.74 Å². The molecule has 0 bridgehead atoms. The second-order valence-electron chi connectivity index (χ2n) is 6.57. The van der Waals surface area contributed by atoms with E-state index < -0.39 is 11.7 Å². The summed E-state index contributed by atoms with van der Waals surface area (Å²) in [6, 6.07) is 10.5. The highest BCUT2D eigenvalue weighted by Gasteiger charge is 2.12. The van der Waals surface area contributed by atoms with Crippen LogP contribution >= 0.6 is 0 Å². The molecule has 1 aromatic heterocycles. The summed E-state index contributed by atoms with van der Waals surface area (Å²) in [5.74, 6) is -0.0955. The van der Waals surface area contributed by atoms with E-state index in [1.807, 2.05) is 0 Å². The third-order valence-electron chi connectivity index (χ3n) is 4.02. The molecule has 6 nitrogen and oxygen atoms in total. The molecule has 27 heavy (non-hydrogen) atoms. The van der Waals surface area contributed by atoms with Crippen molar-refractivity contribution >= 4 is 22.5 Å². The molecule has 0 unspecified atom stereocenters. The fraction of sp³-hybridized carbons (Fsp3) is 0.250. The molecule has 1 amide bonds. The largest absolute Gasteiger partial charge is 0.494 e. The maximum atomic E-state index is 13.4. The van der Waals surface area contributed by atoms with E-state index in [2.05, 4.69) is 29.1 Å². The zero-order valence-corrected chi connectivity index (χ0v) is 15.1. The zero-order valence-electron chi connectivity index (χ0n) is 15.1. The molecule has 0 radical (unpaired) electrons. The van der Waals surface area contributed by atoms with Crippen molar-refractivity contribution < 1.29 is 19.0 Å². The van der Waals surface area contributed by atoms with Crippen molar-refractivity contribution in [3.05, 3.63) is 53.8 Å². The molecular formula is C20H20FN3O3. The predicted molar refractivity (Wildman–Crippen MR) is 100 cm³/mol. The van der Waals surface area contributed by atoms with Crippen LogP contribution in [0.25, 0.3) is 10.9 Å². The van der Waals surface area contributed by atoms with Crippen LogP contribution in [0.15, 0.2) is 52.7 Å². The molecule has 2 aromatic carbocycles. The second kappa shape index (κ2) is 7.99. The summed E-state index contributed by atoms with van der Waals surface area (Å²) >= 11 is 0. The average molecular weight is 369 g/mol. The van der Waals surface area contributed by atoms with E-state index in [4.69, 9.17) is 4.74 Å². The minimum Gasteiger partial charge on any atom is -0.494 e. The molecule has 0 fully saturated rings. The highest BCUT2D eigenvalue weighted by molar-refractivity contribution is 5.97. The Morgan fingerprint density at radius 1 is 1.22 bits per heavy atom. The molecule has 0 aliphatic carbocycles. The van der Waals surface area contributed by atoms with Crippen molar-refractivity contribution in [1.82, 2.24) is 4.98 Å². The number of aromatic hydroxyl groups is 1. The predicted octanol–water partition coefficient (Wildman–Crippen LogP) is 5.36. The lowest BCUT2D eigenvalue weighted by Crippen LogP contribution is -2.01. The van der Waals surface area contributed by atoms with Crippen LogP contribution in [0.5, 0.6) is 11.6 Å². The number of benzene rings is 2. The molecule has 0 aliphatic heterocycles. The van der Waals surface area contributed by atoms with Gasteiger partial charge in [0.1, 0.15) is 11.6 Å². The first-order valence-corrected chi connectivity index (χ1v) is 8.63. The second-order valence-corrected chi connectivity index (χ2v) is 6.57. The van der Waals surface area contributed by atoms with Crippen molar-refractivity contribution in [2.75, 3.05) is 6.61 Å². The minimum atomic E-state index is -0.575. The number of azo groups is 1. The third-order valence-corrected chi connectivity index (χ3v) is 4.02. The van der Waals surface area contributed by atoms with E-state index >= 15 is 0 Å². The Balaban J connectivity index is 1.72. The summed E-state index contributed by atoms with van der Waals surface area (Å²) in [7, 11) is 0. The van der Waals surface area contributed by atoms with Gasteiger partial charge in [0, 0.05) is 10.9 Å². The normalized spacial score (nSPS) is 11.6. The molecular weight excluding hydrogens is 349 g/mol. The van der Waals surface area contributed by atoms with Gasteiger partial charge in [0.2, 0.25) is 5.88 Å². The van der Waals surface area contributed by atoms with Crippen molar-refractivity contribution in [3.63, 3.8) is 0 Å². The number of ether oxygens (including phenoxy) is 1. The smallest absolute Gasteiger partial charge is 0.295 e. The maximum absolute atomic E-state index is 13.4. The summed E-state index contributed by atoms with van der Waals surface area (Å²) in [5, 5.41) is 17.7. The number of nitrogens with zero attached hydrogens (tertiary/aromatic N) is 2. The van der Waals surface area contributed by atoms with Crippen molar-refractivity contribution in [3.8, 4) is 11.6 Å². The molecule has 140 valence electrons. The molecule has 0 aliphatic rings. The number of rotatable bonds is 6. The van der Waals surface area contributed by atoms with Crippen LogP contribution in [0.3, 0.4) is 0 Å². The van der Waals surface area contributed by atoms with Gasteiger partial charge in [-0.3, -0.25) is 4.79 Å². The van der Waals surface area contributed by atoms with Crippen LogP contribution in [-0.2, 0) is 0 Å². The van der Waals surface area contributed by atoms with Crippen LogP contribution in [-0.4, -0.2) is 22.6 Å². The van der Waals surface area contributed by atoms with Gasteiger partial charge in [-0.2, -0.15) is 0 Å². The quantitative estimate of drug-likeness (QED) is 0.573. The molecule has 1 heterocycles.